The summed E-state index contributed by atoms with van der Waals surface area (Å²) in [5.41, 5.74) is 0.520. The van der Waals surface area contributed by atoms with Gasteiger partial charge in [0.25, 0.3) is 11.8 Å². The lowest BCUT2D eigenvalue weighted by atomic mass is 9.79. The van der Waals surface area contributed by atoms with Crippen LogP contribution in [0, 0.1) is 11.8 Å². The molecule has 0 aromatic heterocycles. The van der Waals surface area contributed by atoms with E-state index in [1.54, 1.807) is 6.92 Å². The van der Waals surface area contributed by atoms with Crippen LogP contribution >= 0.6 is 0 Å². The first-order valence-electron chi connectivity index (χ1n) is 6.28. The second-order valence-corrected chi connectivity index (χ2v) is 5.07. The standard InChI is InChI=1S/C13H19NO3/c1-9-6-12(16)14(13(9)17)7-10-4-2-3-5-11(10)8-15/h6,10-11,15H,2-5,7-8H2,1H3. The van der Waals surface area contributed by atoms with Crippen molar-refractivity contribution < 1.29 is 14.7 Å². The number of aliphatic hydroxyl groups excluding tert-OH is 1. The molecule has 0 bridgehead atoms. The predicted octanol–water partition coefficient (Wildman–Crippen LogP) is 1.10. The summed E-state index contributed by atoms with van der Waals surface area (Å²) in [5, 5.41) is 9.32. The molecule has 2 unspecified atom stereocenters. The fraction of sp³-hybridized carbons (Fsp3) is 0.692. The van der Waals surface area contributed by atoms with Gasteiger partial charge >= 0.3 is 0 Å². The molecule has 1 aliphatic carbocycles. The number of aliphatic hydroxyl groups is 1. The quantitative estimate of drug-likeness (QED) is 0.748. The van der Waals surface area contributed by atoms with E-state index in [-0.39, 0.29) is 30.3 Å². The topological polar surface area (TPSA) is 57.6 Å². The highest BCUT2D eigenvalue weighted by molar-refractivity contribution is 6.15. The van der Waals surface area contributed by atoms with E-state index in [4.69, 9.17) is 0 Å². The Hall–Kier alpha value is -1.16. The summed E-state index contributed by atoms with van der Waals surface area (Å²) in [6, 6.07) is 0. The molecule has 0 aromatic carbocycles. The smallest absolute Gasteiger partial charge is 0.256 e. The highest BCUT2D eigenvalue weighted by Crippen LogP contribution is 2.31. The summed E-state index contributed by atoms with van der Waals surface area (Å²) in [6.45, 7) is 2.30. The molecule has 1 aliphatic heterocycles. The average molecular weight is 237 g/mol. The lowest BCUT2D eigenvalue weighted by molar-refractivity contribution is -0.138. The summed E-state index contributed by atoms with van der Waals surface area (Å²) >= 11 is 0. The van der Waals surface area contributed by atoms with Crippen LogP contribution in [0.1, 0.15) is 32.6 Å². The fourth-order valence-electron chi connectivity index (χ4n) is 2.81. The maximum absolute atomic E-state index is 11.8. The summed E-state index contributed by atoms with van der Waals surface area (Å²) in [7, 11) is 0. The summed E-state index contributed by atoms with van der Waals surface area (Å²) in [6.07, 6.45) is 5.68. The van der Waals surface area contributed by atoms with E-state index >= 15 is 0 Å². The van der Waals surface area contributed by atoms with Crippen molar-refractivity contribution in [1.29, 1.82) is 0 Å². The van der Waals surface area contributed by atoms with Gasteiger partial charge in [-0.05, 0) is 31.6 Å². The molecule has 17 heavy (non-hydrogen) atoms. The molecule has 2 rings (SSSR count). The van der Waals surface area contributed by atoms with Gasteiger partial charge in [-0.2, -0.15) is 0 Å². The van der Waals surface area contributed by atoms with Crippen molar-refractivity contribution in [3.05, 3.63) is 11.6 Å². The highest BCUT2D eigenvalue weighted by Gasteiger charge is 2.33. The van der Waals surface area contributed by atoms with Gasteiger partial charge in [0.1, 0.15) is 0 Å². The van der Waals surface area contributed by atoms with Gasteiger partial charge in [0.15, 0.2) is 0 Å². The molecule has 0 aromatic rings. The van der Waals surface area contributed by atoms with Gasteiger partial charge in [-0.15, -0.1) is 0 Å². The molecule has 0 spiro atoms. The van der Waals surface area contributed by atoms with Crippen LogP contribution in [0.25, 0.3) is 0 Å². The number of hydrogen-bond donors (Lipinski definition) is 1. The van der Waals surface area contributed by atoms with Gasteiger partial charge in [-0.1, -0.05) is 12.8 Å². The first kappa shape index (κ1) is 12.3. The van der Waals surface area contributed by atoms with Gasteiger partial charge in [-0.25, -0.2) is 0 Å². The van der Waals surface area contributed by atoms with Crippen molar-refractivity contribution in [3.63, 3.8) is 0 Å². The van der Waals surface area contributed by atoms with E-state index in [1.165, 1.54) is 11.0 Å². The highest BCUT2D eigenvalue weighted by atomic mass is 16.3. The Kier molecular flexibility index (Phi) is 3.62. The molecule has 94 valence electrons. The molecular formula is C13H19NO3. The van der Waals surface area contributed by atoms with Crippen molar-refractivity contribution in [2.75, 3.05) is 13.2 Å². The van der Waals surface area contributed by atoms with E-state index in [0.717, 1.165) is 25.7 Å². The molecule has 1 heterocycles. The van der Waals surface area contributed by atoms with Crippen LogP contribution < -0.4 is 0 Å². The molecule has 1 fully saturated rings. The zero-order chi connectivity index (χ0) is 12.4. The second kappa shape index (κ2) is 5.00. The third kappa shape index (κ3) is 2.41. The van der Waals surface area contributed by atoms with Crippen molar-refractivity contribution in [2.45, 2.75) is 32.6 Å². The molecule has 0 saturated heterocycles. The van der Waals surface area contributed by atoms with E-state index in [0.29, 0.717) is 12.1 Å². The first-order chi connectivity index (χ1) is 8.13. The van der Waals surface area contributed by atoms with Crippen molar-refractivity contribution in [1.82, 2.24) is 4.90 Å². The van der Waals surface area contributed by atoms with Crippen molar-refractivity contribution in [3.8, 4) is 0 Å². The molecule has 1 N–H and O–H groups in total. The van der Waals surface area contributed by atoms with E-state index in [9.17, 15) is 14.7 Å². The van der Waals surface area contributed by atoms with Gasteiger partial charge < -0.3 is 5.11 Å². The zero-order valence-corrected chi connectivity index (χ0v) is 10.2. The summed E-state index contributed by atoms with van der Waals surface area (Å²) in [4.78, 5) is 24.7. The van der Waals surface area contributed by atoms with Crippen molar-refractivity contribution >= 4 is 11.8 Å². The Morgan fingerprint density at radius 3 is 2.47 bits per heavy atom. The van der Waals surface area contributed by atoms with Crippen LogP contribution in [0.2, 0.25) is 0 Å². The lowest BCUT2D eigenvalue weighted by Crippen LogP contribution is -2.39. The zero-order valence-electron chi connectivity index (χ0n) is 10.2. The summed E-state index contributed by atoms with van der Waals surface area (Å²) < 4.78 is 0. The number of amides is 2. The van der Waals surface area contributed by atoms with Gasteiger partial charge in [-0.3, -0.25) is 14.5 Å². The minimum absolute atomic E-state index is 0.160. The first-order valence-corrected chi connectivity index (χ1v) is 6.28. The average Bonchev–Trinajstić information content (AvgIpc) is 2.57. The Bertz CT molecular complexity index is 362. The monoisotopic (exact) mass is 237 g/mol. The van der Waals surface area contributed by atoms with Gasteiger partial charge in [0, 0.05) is 24.8 Å². The molecule has 4 nitrogen and oxygen atoms in total. The third-order valence-corrected chi connectivity index (χ3v) is 3.91. The SMILES string of the molecule is CC1=CC(=O)N(CC2CCCCC2CO)C1=O. The van der Waals surface area contributed by atoms with E-state index in [1.807, 2.05) is 0 Å². The second-order valence-electron chi connectivity index (χ2n) is 5.07. The molecule has 1 saturated carbocycles. The van der Waals surface area contributed by atoms with Crippen LogP contribution in [0.4, 0.5) is 0 Å². The normalized spacial score (nSPS) is 29.8. The molecule has 4 heteroatoms. The maximum Gasteiger partial charge on any atom is 0.256 e. The molecule has 0 radical (unpaired) electrons. The number of carbonyl (C=O) groups excluding carboxylic acids is 2. The van der Waals surface area contributed by atoms with Crippen LogP contribution in [0.5, 0.6) is 0 Å². The fourth-order valence-corrected chi connectivity index (χ4v) is 2.81. The van der Waals surface area contributed by atoms with Crippen LogP contribution in [0.15, 0.2) is 11.6 Å². The summed E-state index contributed by atoms with van der Waals surface area (Å²) in [5.74, 6) is 0.137. The minimum atomic E-state index is -0.199. The van der Waals surface area contributed by atoms with Gasteiger partial charge in [0.05, 0.1) is 0 Å². The minimum Gasteiger partial charge on any atom is -0.396 e. The van der Waals surface area contributed by atoms with Crippen LogP contribution in [0.3, 0.4) is 0 Å². The predicted molar refractivity (Wildman–Crippen MR) is 63.0 cm³/mol. The number of imide groups is 1. The Morgan fingerprint density at radius 1 is 1.29 bits per heavy atom. The Morgan fingerprint density at radius 2 is 1.94 bits per heavy atom. The molecule has 2 atom stereocenters. The maximum atomic E-state index is 11.8. The number of rotatable bonds is 3. The molecular weight excluding hydrogens is 218 g/mol. The third-order valence-electron chi connectivity index (χ3n) is 3.91. The van der Waals surface area contributed by atoms with E-state index < -0.39 is 0 Å². The number of nitrogens with zero attached hydrogens (tertiary/aromatic N) is 1. The van der Waals surface area contributed by atoms with Gasteiger partial charge in [0.2, 0.25) is 0 Å². The Balaban J connectivity index is 2.01. The largest absolute Gasteiger partial charge is 0.396 e. The number of hydrogen-bond acceptors (Lipinski definition) is 3. The Labute approximate surface area is 101 Å². The van der Waals surface area contributed by atoms with Crippen LogP contribution in [-0.4, -0.2) is 35.0 Å². The lowest BCUT2D eigenvalue weighted by Gasteiger charge is -2.32. The number of carbonyl (C=O) groups is 2. The molecule has 2 aliphatic rings. The van der Waals surface area contributed by atoms with Crippen molar-refractivity contribution in [2.24, 2.45) is 11.8 Å². The molecule has 2 amide bonds. The van der Waals surface area contributed by atoms with Crippen LogP contribution in [-0.2, 0) is 9.59 Å². The van der Waals surface area contributed by atoms with E-state index in [2.05, 4.69) is 0 Å².